The fourth-order valence-electron chi connectivity index (χ4n) is 3.65. The molecule has 4 rings (SSSR count). The van der Waals surface area contributed by atoms with Gasteiger partial charge in [-0.2, -0.15) is 5.10 Å². The number of rotatable bonds is 6. The number of carbonyl (C=O) groups excluding carboxylic acids is 2. The van der Waals surface area contributed by atoms with Crippen LogP contribution in [0.1, 0.15) is 55.5 Å². The van der Waals surface area contributed by atoms with E-state index in [0.29, 0.717) is 28.8 Å². The summed E-state index contributed by atoms with van der Waals surface area (Å²) < 4.78 is 6.62. The zero-order valence-electron chi connectivity index (χ0n) is 17.0. The Labute approximate surface area is 192 Å². The van der Waals surface area contributed by atoms with E-state index in [9.17, 15) is 9.59 Å². The Balaban J connectivity index is 1.48. The molecule has 1 aromatic carbocycles. The molecule has 0 saturated carbocycles. The van der Waals surface area contributed by atoms with Crippen molar-refractivity contribution in [1.82, 2.24) is 10.7 Å². The molecule has 0 atom stereocenters. The fourth-order valence-corrected chi connectivity index (χ4v) is 4.83. The lowest BCUT2D eigenvalue weighted by molar-refractivity contribution is 0.0922. The van der Waals surface area contributed by atoms with Crippen LogP contribution < -0.4 is 10.7 Å². The van der Waals surface area contributed by atoms with Gasteiger partial charge in [-0.1, -0.05) is 18.2 Å². The van der Waals surface area contributed by atoms with Crippen LogP contribution in [-0.4, -0.2) is 24.1 Å². The summed E-state index contributed by atoms with van der Waals surface area (Å²) in [5.41, 5.74) is 5.49. The van der Waals surface area contributed by atoms with E-state index in [-0.39, 0.29) is 11.8 Å². The molecule has 3 aromatic rings. The predicted octanol–water partition coefficient (Wildman–Crippen LogP) is 4.85. The fraction of sp³-hybridized carbons (Fsp3) is 0.261. The average molecular weight is 500 g/mol. The SMILES string of the molecule is Cc1c(C(=O)NCCc2cccs2)oc2c1/C(=N/NC(=O)c1ccccc1Br)CCC2. The molecule has 0 bridgehead atoms. The van der Waals surface area contributed by atoms with E-state index in [1.807, 2.05) is 30.5 Å². The molecule has 0 radical (unpaired) electrons. The highest BCUT2D eigenvalue weighted by atomic mass is 79.9. The Morgan fingerprint density at radius 3 is 2.77 bits per heavy atom. The first-order valence-corrected chi connectivity index (χ1v) is 11.8. The minimum Gasteiger partial charge on any atom is -0.455 e. The van der Waals surface area contributed by atoms with Gasteiger partial charge in [-0.15, -0.1) is 11.3 Å². The molecule has 160 valence electrons. The maximum Gasteiger partial charge on any atom is 0.287 e. The third-order valence-corrected chi connectivity index (χ3v) is 6.81. The minimum absolute atomic E-state index is 0.222. The summed E-state index contributed by atoms with van der Waals surface area (Å²) in [4.78, 5) is 26.4. The zero-order chi connectivity index (χ0) is 21.8. The summed E-state index contributed by atoms with van der Waals surface area (Å²) in [5.74, 6) is 0.559. The number of hydrogen-bond acceptors (Lipinski definition) is 5. The molecule has 2 heterocycles. The van der Waals surface area contributed by atoms with Crippen molar-refractivity contribution in [1.29, 1.82) is 0 Å². The maximum atomic E-state index is 12.7. The molecule has 1 aliphatic rings. The van der Waals surface area contributed by atoms with Crippen LogP contribution in [-0.2, 0) is 12.8 Å². The Morgan fingerprint density at radius 1 is 1.16 bits per heavy atom. The van der Waals surface area contributed by atoms with Crippen LogP contribution in [0, 0.1) is 6.92 Å². The first kappa shape index (κ1) is 21.5. The van der Waals surface area contributed by atoms with E-state index in [0.717, 1.165) is 41.9 Å². The van der Waals surface area contributed by atoms with Crippen molar-refractivity contribution >= 4 is 44.8 Å². The van der Waals surface area contributed by atoms with Gasteiger partial charge in [0.25, 0.3) is 11.8 Å². The number of benzene rings is 1. The number of halogens is 1. The first-order chi connectivity index (χ1) is 15.0. The summed E-state index contributed by atoms with van der Waals surface area (Å²) in [6.45, 7) is 2.42. The third-order valence-electron chi connectivity index (χ3n) is 5.18. The number of thiophene rings is 1. The van der Waals surface area contributed by atoms with Crippen molar-refractivity contribution in [2.75, 3.05) is 6.54 Å². The molecule has 31 heavy (non-hydrogen) atoms. The van der Waals surface area contributed by atoms with Gasteiger partial charge in [-0.05, 0) is 65.7 Å². The van der Waals surface area contributed by atoms with E-state index >= 15 is 0 Å². The molecule has 0 unspecified atom stereocenters. The summed E-state index contributed by atoms with van der Waals surface area (Å²) >= 11 is 5.06. The second-order valence-electron chi connectivity index (χ2n) is 7.27. The number of fused-ring (bicyclic) bond motifs is 1. The number of furan rings is 1. The molecule has 0 spiro atoms. The Bertz CT molecular complexity index is 1140. The summed E-state index contributed by atoms with van der Waals surface area (Å²) in [7, 11) is 0. The van der Waals surface area contributed by atoms with Gasteiger partial charge >= 0.3 is 0 Å². The molecule has 0 aliphatic heterocycles. The van der Waals surface area contributed by atoms with Gasteiger partial charge in [0.2, 0.25) is 0 Å². The van der Waals surface area contributed by atoms with Crippen molar-refractivity contribution in [3.63, 3.8) is 0 Å². The molecule has 0 saturated heterocycles. The molecule has 2 aromatic heterocycles. The second kappa shape index (κ2) is 9.62. The molecule has 2 amide bonds. The summed E-state index contributed by atoms with van der Waals surface area (Å²) in [6.07, 6.45) is 3.10. The zero-order valence-corrected chi connectivity index (χ0v) is 19.4. The van der Waals surface area contributed by atoms with Gasteiger partial charge in [0.15, 0.2) is 5.76 Å². The predicted molar refractivity (Wildman–Crippen MR) is 125 cm³/mol. The molecule has 0 fully saturated rings. The van der Waals surface area contributed by atoms with Crippen LogP contribution >= 0.6 is 27.3 Å². The van der Waals surface area contributed by atoms with E-state index in [1.54, 1.807) is 23.5 Å². The number of carbonyl (C=O) groups is 2. The number of nitrogens with zero attached hydrogens (tertiary/aromatic N) is 1. The van der Waals surface area contributed by atoms with E-state index < -0.39 is 0 Å². The number of aryl methyl sites for hydroxylation is 1. The lowest BCUT2D eigenvalue weighted by Crippen LogP contribution is -2.26. The molecule has 8 heteroatoms. The van der Waals surface area contributed by atoms with Crippen molar-refractivity contribution in [2.24, 2.45) is 5.10 Å². The Hall–Kier alpha value is -2.71. The third kappa shape index (κ3) is 4.80. The summed E-state index contributed by atoms with van der Waals surface area (Å²) in [6, 6.07) is 11.2. The first-order valence-electron chi connectivity index (χ1n) is 10.1. The standard InChI is InChI=1S/C23H22BrN3O3S/c1-14-20-18(26-27-22(28)16-7-2-3-8-17(16)24)9-4-10-19(20)30-21(14)23(29)25-12-11-15-6-5-13-31-15/h2-3,5-8,13H,4,9-12H2,1H3,(H,25,29)(H,27,28)/b26-18+. The molecular formula is C23H22BrN3O3S. The van der Waals surface area contributed by atoms with Gasteiger partial charge in [-0.3, -0.25) is 9.59 Å². The van der Waals surface area contributed by atoms with Crippen LogP contribution in [0.2, 0.25) is 0 Å². The van der Waals surface area contributed by atoms with Gasteiger partial charge < -0.3 is 9.73 Å². The van der Waals surface area contributed by atoms with Gasteiger partial charge in [0.05, 0.1) is 11.3 Å². The Kier molecular flexibility index (Phi) is 6.67. The van der Waals surface area contributed by atoms with Crippen molar-refractivity contribution < 1.29 is 14.0 Å². The normalized spacial score (nSPS) is 14.3. The van der Waals surface area contributed by atoms with E-state index in [4.69, 9.17) is 4.42 Å². The topological polar surface area (TPSA) is 83.7 Å². The monoisotopic (exact) mass is 499 g/mol. The highest BCUT2D eigenvalue weighted by Crippen LogP contribution is 2.30. The summed E-state index contributed by atoms with van der Waals surface area (Å²) in [5, 5.41) is 9.34. The van der Waals surface area contributed by atoms with Crippen LogP contribution in [0.25, 0.3) is 0 Å². The number of nitrogens with one attached hydrogen (secondary N) is 2. The molecule has 2 N–H and O–H groups in total. The maximum absolute atomic E-state index is 12.7. The van der Waals surface area contributed by atoms with Gasteiger partial charge in [0.1, 0.15) is 5.76 Å². The lowest BCUT2D eigenvalue weighted by atomic mass is 9.93. The van der Waals surface area contributed by atoms with Crippen molar-refractivity contribution in [2.45, 2.75) is 32.6 Å². The quantitative estimate of drug-likeness (QED) is 0.475. The largest absolute Gasteiger partial charge is 0.455 e. The van der Waals surface area contributed by atoms with Crippen LogP contribution in [0.4, 0.5) is 0 Å². The number of amides is 2. The highest BCUT2D eigenvalue weighted by molar-refractivity contribution is 9.10. The second-order valence-corrected chi connectivity index (χ2v) is 9.16. The molecule has 6 nitrogen and oxygen atoms in total. The Morgan fingerprint density at radius 2 is 2.00 bits per heavy atom. The lowest BCUT2D eigenvalue weighted by Gasteiger charge is -2.13. The minimum atomic E-state index is -0.292. The average Bonchev–Trinajstić information content (AvgIpc) is 3.40. The number of hydrogen-bond donors (Lipinski definition) is 2. The smallest absolute Gasteiger partial charge is 0.287 e. The van der Waals surface area contributed by atoms with E-state index in [1.165, 1.54) is 4.88 Å². The van der Waals surface area contributed by atoms with Gasteiger partial charge in [0, 0.05) is 33.4 Å². The van der Waals surface area contributed by atoms with E-state index in [2.05, 4.69) is 37.8 Å². The van der Waals surface area contributed by atoms with Crippen LogP contribution in [0.15, 0.2) is 55.8 Å². The highest BCUT2D eigenvalue weighted by Gasteiger charge is 2.28. The van der Waals surface area contributed by atoms with Crippen LogP contribution in [0.5, 0.6) is 0 Å². The number of hydrazone groups is 1. The molecular weight excluding hydrogens is 478 g/mol. The van der Waals surface area contributed by atoms with Gasteiger partial charge in [-0.25, -0.2) is 5.43 Å². The van der Waals surface area contributed by atoms with Crippen molar-refractivity contribution in [3.05, 3.63) is 79.3 Å². The van der Waals surface area contributed by atoms with Crippen LogP contribution in [0.3, 0.4) is 0 Å². The van der Waals surface area contributed by atoms with Crippen molar-refractivity contribution in [3.8, 4) is 0 Å². The molecule has 1 aliphatic carbocycles.